The van der Waals surface area contributed by atoms with E-state index < -0.39 is 23.2 Å². The molecule has 1 aromatic carbocycles. The molecule has 9 heteroatoms. The summed E-state index contributed by atoms with van der Waals surface area (Å²) in [6.07, 6.45) is 0.788. The lowest BCUT2D eigenvalue weighted by Crippen LogP contribution is -2.46. The summed E-state index contributed by atoms with van der Waals surface area (Å²) >= 11 is 0. The van der Waals surface area contributed by atoms with Crippen LogP contribution in [0.15, 0.2) is 24.3 Å². The number of para-hydroxylation sites is 1. The molecule has 3 rings (SSSR count). The van der Waals surface area contributed by atoms with Crippen molar-refractivity contribution in [3.05, 3.63) is 47.3 Å². The van der Waals surface area contributed by atoms with Gasteiger partial charge in [-0.05, 0) is 25.1 Å². The number of aromatic nitrogens is 2. The fourth-order valence-electron chi connectivity index (χ4n) is 2.63. The van der Waals surface area contributed by atoms with Gasteiger partial charge in [-0.15, -0.1) is 0 Å². The summed E-state index contributed by atoms with van der Waals surface area (Å²) in [7, 11) is 0. The molecule has 1 saturated heterocycles. The van der Waals surface area contributed by atoms with Gasteiger partial charge in [-0.3, -0.25) is 9.59 Å². The van der Waals surface area contributed by atoms with Crippen LogP contribution in [-0.2, 0) is 4.79 Å². The number of aryl methyl sites for hydroxylation is 1. The smallest absolute Gasteiger partial charge is 0.274 e. The molecule has 136 valence electrons. The zero-order chi connectivity index (χ0) is 18.7. The van der Waals surface area contributed by atoms with Crippen molar-refractivity contribution in [3.8, 4) is 0 Å². The van der Waals surface area contributed by atoms with Crippen LogP contribution >= 0.6 is 0 Å². The highest BCUT2D eigenvalue weighted by molar-refractivity contribution is 6.03. The Hall–Kier alpha value is -3.10. The molecule has 0 spiro atoms. The van der Waals surface area contributed by atoms with Gasteiger partial charge < -0.3 is 15.1 Å². The fourth-order valence-corrected chi connectivity index (χ4v) is 2.63. The zero-order valence-electron chi connectivity index (χ0n) is 14.1. The van der Waals surface area contributed by atoms with Crippen LogP contribution in [0.3, 0.4) is 0 Å². The van der Waals surface area contributed by atoms with Crippen LogP contribution in [0.25, 0.3) is 0 Å². The van der Waals surface area contributed by atoms with Crippen molar-refractivity contribution in [3.63, 3.8) is 0 Å². The molecule has 0 bridgehead atoms. The van der Waals surface area contributed by atoms with Gasteiger partial charge in [0.2, 0.25) is 12.4 Å². The summed E-state index contributed by atoms with van der Waals surface area (Å²) < 4.78 is 27.4. The summed E-state index contributed by atoms with van der Waals surface area (Å²) in [5.41, 5.74) is 0.0369. The Kier molecular flexibility index (Phi) is 5.06. The molecule has 7 nitrogen and oxygen atoms in total. The number of piperazine rings is 1. The highest BCUT2D eigenvalue weighted by Gasteiger charge is 2.21. The number of amides is 2. The number of carbonyl (C=O) groups is 2. The van der Waals surface area contributed by atoms with E-state index in [0.717, 1.165) is 18.5 Å². The number of anilines is 2. The minimum atomic E-state index is -0.866. The second-order valence-corrected chi connectivity index (χ2v) is 5.87. The number of nitrogens with one attached hydrogen (secondary N) is 1. The molecule has 2 heterocycles. The Morgan fingerprint density at radius 2 is 1.81 bits per heavy atom. The minimum Gasteiger partial charge on any atom is -0.342 e. The maximum Gasteiger partial charge on any atom is 0.274 e. The number of rotatable bonds is 4. The number of nitrogens with zero attached hydrogens (tertiary/aromatic N) is 4. The second kappa shape index (κ2) is 7.42. The monoisotopic (exact) mass is 361 g/mol. The number of hydrogen-bond acceptors (Lipinski definition) is 5. The molecule has 0 aliphatic carbocycles. The van der Waals surface area contributed by atoms with Crippen LogP contribution in [0.4, 0.5) is 20.4 Å². The van der Waals surface area contributed by atoms with Gasteiger partial charge in [0.05, 0.1) is 0 Å². The Labute approximate surface area is 148 Å². The maximum atomic E-state index is 13.7. The van der Waals surface area contributed by atoms with Crippen molar-refractivity contribution < 1.29 is 18.4 Å². The molecule has 2 amide bonds. The summed E-state index contributed by atoms with van der Waals surface area (Å²) in [4.78, 5) is 35.2. The van der Waals surface area contributed by atoms with Crippen molar-refractivity contribution in [2.24, 2.45) is 0 Å². The van der Waals surface area contributed by atoms with Crippen LogP contribution in [-0.4, -0.2) is 53.4 Å². The Bertz CT molecular complexity index is 818. The fraction of sp³-hybridized carbons (Fsp3) is 0.294. The molecule has 1 aliphatic rings. The molecular formula is C17H17F2N5O2. The topological polar surface area (TPSA) is 78.4 Å². The van der Waals surface area contributed by atoms with Gasteiger partial charge in [0.15, 0.2) is 0 Å². The first-order valence-electron chi connectivity index (χ1n) is 8.03. The van der Waals surface area contributed by atoms with Crippen molar-refractivity contribution in [1.29, 1.82) is 0 Å². The van der Waals surface area contributed by atoms with Gasteiger partial charge in [-0.25, -0.2) is 18.7 Å². The van der Waals surface area contributed by atoms with E-state index in [4.69, 9.17) is 0 Å². The van der Waals surface area contributed by atoms with Gasteiger partial charge in [0.1, 0.15) is 23.0 Å². The van der Waals surface area contributed by atoms with Gasteiger partial charge in [-0.2, -0.15) is 0 Å². The standard InChI is InChI=1S/C17H17F2N5O2/c1-11-9-14(16(26)22-15-12(18)3-2-4-13(15)19)21-17(20-11)24-7-5-23(10-25)6-8-24/h2-4,9-10H,5-8H2,1H3,(H,22,26). The first-order chi connectivity index (χ1) is 12.5. The average molecular weight is 361 g/mol. The van der Waals surface area contributed by atoms with Crippen molar-refractivity contribution >= 4 is 24.0 Å². The molecule has 1 aliphatic heterocycles. The Balaban J connectivity index is 1.81. The van der Waals surface area contributed by atoms with E-state index in [0.29, 0.717) is 37.8 Å². The summed E-state index contributed by atoms with van der Waals surface area (Å²) in [5.74, 6) is -2.12. The normalized spacial score (nSPS) is 14.3. The Morgan fingerprint density at radius 1 is 1.15 bits per heavy atom. The highest BCUT2D eigenvalue weighted by atomic mass is 19.1. The lowest BCUT2D eigenvalue weighted by atomic mass is 10.2. The third kappa shape index (κ3) is 3.76. The van der Waals surface area contributed by atoms with Crippen LogP contribution in [0, 0.1) is 18.6 Å². The van der Waals surface area contributed by atoms with Gasteiger partial charge in [-0.1, -0.05) is 6.07 Å². The van der Waals surface area contributed by atoms with E-state index in [1.165, 1.54) is 12.1 Å². The van der Waals surface area contributed by atoms with E-state index in [2.05, 4.69) is 15.3 Å². The van der Waals surface area contributed by atoms with E-state index >= 15 is 0 Å². The Morgan fingerprint density at radius 3 is 2.42 bits per heavy atom. The van der Waals surface area contributed by atoms with Crippen molar-refractivity contribution in [1.82, 2.24) is 14.9 Å². The molecule has 0 saturated carbocycles. The lowest BCUT2D eigenvalue weighted by Gasteiger charge is -2.32. The van der Waals surface area contributed by atoms with E-state index in [1.54, 1.807) is 11.8 Å². The molecular weight excluding hydrogens is 344 g/mol. The largest absolute Gasteiger partial charge is 0.342 e. The van der Waals surface area contributed by atoms with Gasteiger partial charge in [0, 0.05) is 31.9 Å². The van der Waals surface area contributed by atoms with E-state index in [1.807, 2.05) is 4.90 Å². The number of hydrogen-bond donors (Lipinski definition) is 1. The first kappa shape index (κ1) is 17.7. The van der Waals surface area contributed by atoms with Gasteiger partial charge in [0.25, 0.3) is 5.91 Å². The summed E-state index contributed by atoms with van der Waals surface area (Å²) in [6.45, 7) is 3.83. The minimum absolute atomic E-state index is 0.00738. The lowest BCUT2D eigenvalue weighted by molar-refractivity contribution is -0.118. The summed E-state index contributed by atoms with van der Waals surface area (Å²) in [6, 6.07) is 4.77. The van der Waals surface area contributed by atoms with Crippen molar-refractivity contribution in [2.45, 2.75) is 6.92 Å². The number of halogens is 2. The predicted octanol–water partition coefficient (Wildman–Crippen LogP) is 1.59. The summed E-state index contributed by atoms with van der Waals surface area (Å²) in [5, 5.41) is 2.22. The quantitative estimate of drug-likeness (QED) is 0.837. The zero-order valence-corrected chi connectivity index (χ0v) is 14.1. The van der Waals surface area contributed by atoms with Gasteiger partial charge >= 0.3 is 0 Å². The molecule has 1 fully saturated rings. The maximum absolute atomic E-state index is 13.7. The third-order valence-electron chi connectivity index (χ3n) is 4.02. The van der Waals surface area contributed by atoms with Crippen LogP contribution in [0.5, 0.6) is 0 Å². The van der Waals surface area contributed by atoms with Crippen LogP contribution < -0.4 is 10.2 Å². The SMILES string of the molecule is Cc1cc(C(=O)Nc2c(F)cccc2F)nc(N2CCN(C=O)CC2)n1. The van der Waals surface area contributed by atoms with E-state index in [9.17, 15) is 18.4 Å². The molecule has 26 heavy (non-hydrogen) atoms. The van der Waals surface area contributed by atoms with Crippen LogP contribution in [0.1, 0.15) is 16.2 Å². The highest BCUT2D eigenvalue weighted by Crippen LogP contribution is 2.19. The van der Waals surface area contributed by atoms with Crippen LogP contribution in [0.2, 0.25) is 0 Å². The third-order valence-corrected chi connectivity index (χ3v) is 4.02. The molecule has 0 radical (unpaired) electrons. The molecule has 0 atom stereocenters. The average Bonchev–Trinajstić information content (AvgIpc) is 2.64. The van der Waals surface area contributed by atoms with Crippen molar-refractivity contribution in [2.75, 3.05) is 36.4 Å². The molecule has 2 aromatic rings. The second-order valence-electron chi connectivity index (χ2n) is 5.87. The molecule has 1 N–H and O–H groups in total. The predicted molar refractivity (Wildman–Crippen MR) is 90.9 cm³/mol. The molecule has 0 unspecified atom stereocenters. The molecule has 1 aromatic heterocycles. The van der Waals surface area contributed by atoms with E-state index in [-0.39, 0.29) is 5.69 Å². The number of carbonyl (C=O) groups excluding carboxylic acids is 2. The first-order valence-corrected chi connectivity index (χ1v) is 8.03. The number of benzene rings is 1.